The Morgan fingerprint density at radius 2 is 2.11 bits per heavy atom. The fraction of sp³-hybridized carbons (Fsp3) is 0.533. The molecule has 2 rings (SSSR count). The molecule has 1 aromatic carbocycles. The van der Waals surface area contributed by atoms with Crippen molar-refractivity contribution in [3.63, 3.8) is 0 Å². The Hall–Kier alpha value is -1.51. The number of methoxy groups -OCH3 is 1. The van der Waals surface area contributed by atoms with Crippen LogP contribution in [-0.4, -0.2) is 26.0 Å². The lowest BCUT2D eigenvalue weighted by Crippen LogP contribution is -2.45. The highest BCUT2D eigenvalue weighted by Gasteiger charge is 2.36. The molecule has 18 heavy (non-hydrogen) atoms. The second-order valence-corrected chi connectivity index (χ2v) is 5.76. The lowest BCUT2D eigenvalue weighted by molar-refractivity contribution is 0.112. The molecule has 0 amide bonds. The summed E-state index contributed by atoms with van der Waals surface area (Å²) < 4.78 is 5.47. The van der Waals surface area contributed by atoms with Crippen LogP contribution in [-0.2, 0) is 0 Å². The van der Waals surface area contributed by atoms with E-state index in [4.69, 9.17) is 4.74 Å². The first-order valence-electron chi connectivity index (χ1n) is 6.31. The molecule has 98 valence electrons. The Labute approximate surface area is 109 Å². The zero-order valence-corrected chi connectivity index (χ0v) is 11.8. The van der Waals surface area contributed by atoms with E-state index in [1.54, 1.807) is 7.11 Å². The van der Waals surface area contributed by atoms with Crippen LogP contribution in [0.2, 0.25) is 0 Å². The van der Waals surface area contributed by atoms with Gasteiger partial charge < -0.3 is 9.64 Å². The van der Waals surface area contributed by atoms with Crippen LogP contribution in [0.25, 0.3) is 0 Å². The second-order valence-electron chi connectivity index (χ2n) is 5.76. The molecule has 0 spiro atoms. The minimum absolute atomic E-state index is 0.0996. The first kappa shape index (κ1) is 12.9. The summed E-state index contributed by atoms with van der Waals surface area (Å²) in [5.74, 6) is 1.22. The normalized spacial score (nSPS) is 21.4. The topological polar surface area (TPSA) is 29.5 Å². The van der Waals surface area contributed by atoms with E-state index < -0.39 is 0 Å². The van der Waals surface area contributed by atoms with E-state index in [2.05, 4.69) is 32.7 Å². The maximum atomic E-state index is 11.0. The van der Waals surface area contributed by atoms with Crippen molar-refractivity contribution in [3.8, 4) is 5.75 Å². The molecular weight excluding hydrogens is 226 g/mol. The molecule has 1 unspecified atom stereocenters. The van der Waals surface area contributed by atoms with Gasteiger partial charge in [0.2, 0.25) is 0 Å². The third-order valence-corrected chi connectivity index (χ3v) is 4.06. The molecule has 0 saturated heterocycles. The van der Waals surface area contributed by atoms with Crippen molar-refractivity contribution in [1.29, 1.82) is 0 Å². The average Bonchev–Trinajstić information content (AvgIpc) is 2.34. The summed E-state index contributed by atoms with van der Waals surface area (Å²) in [6.07, 6.45) is 1.96. The first-order chi connectivity index (χ1) is 8.40. The van der Waals surface area contributed by atoms with E-state index in [-0.39, 0.29) is 5.54 Å². The number of anilines is 1. The molecule has 0 radical (unpaired) electrons. The summed E-state index contributed by atoms with van der Waals surface area (Å²) >= 11 is 0. The van der Waals surface area contributed by atoms with Crippen molar-refractivity contribution in [3.05, 3.63) is 23.3 Å². The molecule has 3 nitrogen and oxygen atoms in total. The van der Waals surface area contributed by atoms with E-state index in [0.717, 1.165) is 24.1 Å². The smallest absolute Gasteiger partial charge is 0.150 e. The molecule has 0 aromatic heterocycles. The van der Waals surface area contributed by atoms with Crippen molar-refractivity contribution in [2.45, 2.75) is 38.6 Å². The van der Waals surface area contributed by atoms with Gasteiger partial charge in [-0.25, -0.2) is 0 Å². The maximum Gasteiger partial charge on any atom is 0.150 e. The minimum Gasteiger partial charge on any atom is -0.495 e. The summed E-state index contributed by atoms with van der Waals surface area (Å²) in [6.45, 7) is 6.68. The molecule has 0 aliphatic carbocycles. The van der Waals surface area contributed by atoms with E-state index in [9.17, 15) is 4.79 Å². The van der Waals surface area contributed by atoms with Crippen LogP contribution in [0, 0.1) is 0 Å². The van der Waals surface area contributed by atoms with Gasteiger partial charge >= 0.3 is 0 Å². The molecule has 3 heteroatoms. The molecule has 0 saturated carbocycles. The van der Waals surface area contributed by atoms with Gasteiger partial charge in [0.25, 0.3) is 0 Å². The highest BCUT2D eigenvalue weighted by molar-refractivity contribution is 5.81. The number of ether oxygens (including phenoxy) is 1. The van der Waals surface area contributed by atoms with Crippen molar-refractivity contribution in [2.24, 2.45) is 0 Å². The number of carbonyl (C=O) groups excluding carboxylic acids is 1. The molecule has 1 aromatic rings. The van der Waals surface area contributed by atoms with Gasteiger partial charge in [-0.1, -0.05) is 6.92 Å². The van der Waals surface area contributed by atoms with Crippen molar-refractivity contribution >= 4 is 12.0 Å². The molecule has 0 N–H and O–H groups in total. The van der Waals surface area contributed by atoms with E-state index >= 15 is 0 Å². The van der Waals surface area contributed by atoms with Gasteiger partial charge in [0.1, 0.15) is 12.0 Å². The number of rotatable bonds is 2. The van der Waals surface area contributed by atoms with Crippen LogP contribution in [0.3, 0.4) is 0 Å². The van der Waals surface area contributed by atoms with Gasteiger partial charge in [-0.05, 0) is 43.9 Å². The van der Waals surface area contributed by atoms with Gasteiger partial charge in [0.05, 0.1) is 12.8 Å². The van der Waals surface area contributed by atoms with E-state index in [1.165, 1.54) is 5.56 Å². The Kier molecular flexibility index (Phi) is 3.09. The fourth-order valence-electron chi connectivity index (χ4n) is 2.91. The predicted molar refractivity (Wildman–Crippen MR) is 73.9 cm³/mol. The number of nitrogens with zero attached hydrogens (tertiary/aromatic N) is 1. The molecule has 1 aliphatic rings. The molecule has 0 fully saturated rings. The molecule has 1 aliphatic heterocycles. The zero-order valence-electron chi connectivity index (χ0n) is 11.8. The first-order valence-corrected chi connectivity index (χ1v) is 6.31. The Balaban J connectivity index is 2.67. The highest BCUT2D eigenvalue weighted by atomic mass is 16.5. The van der Waals surface area contributed by atoms with Crippen LogP contribution in [0.15, 0.2) is 12.1 Å². The number of carbonyl (C=O) groups is 1. The van der Waals surface area contributed by atoms with Crippen LogP contribution in [0.1, 0.15) is 49.0 Å². The monoisotopic (exact) mass is 247 g/mol. The van der Waals surface area contributed by atoms with Crippen molar-refractivity contribution < 1.29 is 9.53 Å². The number of fused-ring (bicyclic) bond motifs is 1. The maximum absolute atomic E-state index is 11.0. The molecule has 1 atom stereocenters. The summed E-state index contributed by atoms with van der Waals surface area (Å²) in [5.41, 5.74) is 3.11. The average molecular weight is 247 g/mol. The Bertz CT molecular complexity index is 480. The van der Waals surface area contributed by atoms with Gasteiger partial charge in [-0.2, -0.15) is 0 Å². The lowest BCUT2D eigenvalue weighted by Gasteiger charge is -2.46. The SMILES string of the molecule is COc1cc(C=O)cc2c1N(C)C(C)(C)CC2C. The summed E-state index contributed by atoms with van der Waals surface area (Å²) in [5, 5.41) is 0. The van der Waals surface area contributed by atoms with Crippen LogP contribution >= 0.6 is 0 Å². The third-order valence-electron chi connectivity index (χ3n) is 4.06. The fourth-order valence-corrected chi connectivity index (χ4v) is 2.91. The second kappa shape index (κ2) is 4.30. The third kappa shape index (κ3) is 1.88. The molecule has 0 bridgehead atoms. The van der Waals surface area contributed by atoms with Gasteiger partial charge in [0.15, 0.2) is 0 Å². The standard InChI is InChI=1S/C15H21NO2/c1-10-8-15(2,3)16(4)14-12(10)6-11(9-17)7-13(14)18-5/h6-7,9-10H,8H2,1-5H3. The van der Waals surface area contributed by atoms with Gasteiger partial charge in [-0.15, -0.1) is 0 Å². The van der Waals surface area contributed by atoms with Crippen molar-refractivity contribution in [1.82, 2.24) is 0 Å². The zero-order chi connectivity index (χ0) is 13.5. The number of benzene rings is 1. The summed E-state index contributed by atoms with van der Waals surface area (Å²) in [4.78, 5) is 13.3. The van der Waals surface area contributed by atoms with Crippen LogP contribution in [0.5, 0.6) is 5.75 Å². The summed E-state index contributed by atoms with van der Waals surface area (Å²) in [7, 11) is 3.75. The van der Waals surface area contributed by atoms with Gasteiger partial charge in [-0.3, -0.25) is 4.79 Å². The lowest BCUT2D eigenvalue weighted by atomic mass is 9.80. The highest BCUT2D eigenvalue weighted by Crippen LogP contribution is 2.47. The van der Waals surface area contributed by atoms with Crippen LogP contribution in [0.4, 0.5) is 5.69 Å². The molecule has 1 heterocycles. The Morgan fingerprint density at radius 1 is 1.44 bits per heavy atom. The van der Waals surface area contributed by atoms with Gasteiger partial charge in [0, 0.05) is 18.2 Å². The summed E-state index contributed by atoms with van der Waals surface area (Å²) in [6, 6.07) is 3.80. The molecular formula is C15H21NO2. The van der Waals surface area contributed by atoms with Crippen molar-refractivity contribution in [2.75, 3.05) is 19.1 Å². The number of hydrogen-bond acceptors (Lipinski definition) is 3. The quantitative estimate of drug-likeness (QED) is 0.751. The number of aldehydes is 1. The predicted octanol–water partition coefficient (Wildman–Crippen LogP) is 3.23. The van der Waals surface area contributed by atoms with Crippen LogP contribution < -0.4 is 9.64 Å². The van der Waals surface area contributed by atoms with E-state index in [0.29, 0.717) is 11.5 Å². The minimum atomic E-state index is 0.0996. The number of hydrogen-bond donors (Lipinski definition) is 0. The Morgan fingerprint density at radius 3 is 2.67 bits per heavy atom. The van der Waals surface area contributed by atoms with E-state index in [1.807, 2.05) is 12.1 Å². The largest absolute Gasteiger partial charge is 0.495 e.